The van der Waals surface area contributed by atoms with Gasteiger partial charge in [0.1, 0.15) is 0 Å². The highest BCUT2D eigenvalue weighted by Gasteiger charge is 2.11. The van der Waals surface area contributed by atoms with Gasteiger partial charge in [-0.2, -0.15) is 0 Å². The van der Waals surface area contributed by atoms with E-state index in [9.17, 15) is 0 Å². The average molecular weight is 390 g/mol. The minimum absolute atomic E-state index is 1.15. The molecule has 0 aliphatic carbocycles. The monoisotopic (exact) mass is 389 g/mol. The van der Waals surface area contributed by atoms with Gasteiger partial charge in [0.2, 0.25) is 0 Å². The van der Waals surface area contributed by atoms with E-state index in [1.807, 2.05) is 0 Å². The second-order valence-corrected chi connectivity index (χ2v) is 7.85. The summed E-state index contributed by atoms with van der Waals surface area (Å²) in [6.07, 6.45) is 4.36. The Morgan fingerprint density at radius 3 is 1.57 bits per heavy atom. The van der Waals surface area contributed by atoms with Gasteiger partial charge in [0.05, 0.1) is 0 Å². The Morgan fingerprint density at radius 2 is 0.967 bits per heavy atom. The highest BCUT2D eigenvalue weighted by atomic mass is 15.1. The van der Waals surface area contributed by atoms with Crippen LogP contribution in [0.4, 0.5) is 17.1 Å². The Morgan fingerprint density at radius 1 is 0.467 bits per heavy atom. The van der Waals surface area contributed by atoms with E-state index in [4.69, 9.17) is 0 Å². The molecule has 0 N–H and O–H groups in total. The number of hydrogen-bond donors (Lipinski definition) is 0. The van der Waals surface area contributed by atoms with E-state index in [1.54, 1.807) is 0 Å². The fourth-order valence-electron chi connectivity index (χ4n) is 3.75. The number of hydrogen-bond acceptors (Lipinski definition) is 1. The van der Waals surface area contributed by atoms with Crippen LogP contribution in [0.25, 0.3) is 12.2 Å². The Kier molecular flexibility index (Phi) is 5.81. The lowest BCUT2D eigenvalue weighted by Gasteiger charge is -2.25. The van der Waals surface area contributed by atoms with Crippen LogP contribution in [-0.2, 0) is 0 Å². The number of rotatable bonds is 5. The van der Waals surface area contributed by atoms with Crippen LogP contribution in [0.3, 0.4) is 0 Å². The van der Waals surface area contributed by atoms with Crippen molar-refractivity contribution < 1.29 is 0 Å². The summed E-state index contributed by atoms with van der Waals surface area (Å²) in [5.74, 6) is 0. The molecule has 0 amide bonds. The first kappa shape index (κ1) is 19.7. The number of benzene rings is 4. The van der Waals surface area contributed by atoms with Gasteiger partial charge in [-0.15, -0.1) is 0 Å². The lowest BCUT2D eigenvalue weighted by Crippen LogP contribution is -2.09. The van der Waals surface area contributed by atoms with Crippen LogP contribution in [0.2, 0.25) is 0 Å². The number of anilines is 3. The normalized spacial score (nSPS) is 11.0. The van der Waals surface area contributed by atoms with E-state index in [-0.39, 0.29) is 0 Å². The van der Waals surface area contributed by atoms with Crippen LogP contribution in [0.1, 0.15) is 27.8 Å². The van der Waals surface area contributed by atoms with Crippen molar-refractivity contribution in [3.63, 3.8) is 0 Å². The third kappa shape index (κ3) is 4.69. The Labute approximate surface area is 179 Å². The molecule has 0 heterocycles. The van der Waals surface area contributed by atoms with Crippen molar-refractivity contribution in [3.8, 4) is 0 Å². The van der Waals surface area contributed by atoms with Gasteiger partial charge in [-0.25, -0.2) is 0 Å². The SMILES string of the molecule is Cc1ccc(N(c2ccccc2)c2ccc(C=Cc3cc(C)cc(C)c3)cc2)cc1. The highest BCUT2D eigenvalue weighted by Crippen LogP contribution is 2.34. The molecule has 0 aliphatic rings. The molecular weight excluding hydrogens is 362 g/mol. The van der Waals surface area contributed by atoms with Crippen LogP contribution < -0.4 is 4.90 Å². The van der Waals surface area contributed by atoms with Gasteiger partial charge < -0.3 is 4.90 Å². The Hall–Kier alpha value is -3.58. The molecule has 0 saturated carbocycles. The van der Waals surface area contributed by atoms with Crippen LogP contribution in [-0.4, -0.2) is 0 Å². The molecule has 0 spiro atoms. The summed E-state index contributed by atoms with van der Waals surface area (Å²) in [6.45, 7) is 6.40. The van der Waals surface area contributed by atoms with Gasteiger partial charge in [-0.3, -0.25) is 0 Å². The van der Waals surface area contributed by atoms with E-state index in [1.165, 1.54) is 27.8 Å². The van der Waals surface area contributed by atoms with Crippen LogP contribution in [0, 0.1) is 20.8 Å². The van der Waals surface area contributed by atoms with Crippen molar-refractivity contribution in [2.45, 2.75) is 20.8 Å². The van der Waals surface area contributed by atoms with Crippen molar-refractivity contribution in [2.24, 2.45) is 0 Å². The zero-order valence-corrected chi connectivity index (χ0v) is 17.8. The summed E-state index contributed by atoms with van der Waals surface area (Å²) in [6, 6.07) is 34.5. The maximum absolute atomic E-state index is 2.29. The third-order valence-corrected chi connectivity index (χ3v) is 5.17. The molecule has 0 bridgehead atoms. The van der Waals surface area contributed by atoms with Crippen LogP contribution in [0.15, 0.2) is 97.1 Å². The first-order valence-corrected chi connectivity index (χ1v) is 10.4. The lowest BCUT2D eigenvalue weighted by atomic mass is 10.1. The fraction of sp³-hybridized carbons (Fsp3) is 0.103. The maximum atomic E-state index is 2.29. The standard InChI is InChI=1S/C29H27N/c1-22-9-15-28(16-10-22)30(27-7-5-4-6-8-27)29-17-13-25(14-18-29)11-12-26-20-23(2)19-24(3)21-26/h4-21H,1-3H3. The molecule has 0 atom stereocenters. The summed E-state index contributed by atoms with van der Waals surface area (Å²) in [5.41, 5.74) is 9.73. The largest absolute Gasteiger partial charge is 0.311 e. The first-order chi connectivity index (χ1) is 14.6. The van der Waals surface area contributed by atoms with Crippen LogP contribution >= 0.6 is 0 Å². The predicted molar refractivity (Wildman–Crippen MR) is 131 cm³/mol. The number of nitrogens with zero attached hydrogens (tertiary/aromatic N) is 1. The van der Waals surface area contributed by atoms with E-state index < -0.39 is 0 Å². The summed E-state index contributed by atoms with van der Waals surface area (Å²) in [7, 11) is 0. The molecule has 0 saturated heterocycles. The molecule has 4 aromatic rings. The zero-order valence-electron chi connectivity index (χ0n) is 17.8. The second kappa shape index (κ2) is 8.84. The maximum Gasteiger partial charge on any atom is 0.0462 e. The smallest absolute Gasteiger partial charge is 0.0462 e. The van der Waals surface area contributed by atoms with Crippen molar-refractivity contribution in [3.05, 3.63) is 125 Å². The number of aryl methyl sites for hydroxylation is 3. The molecule has 1 nitrogen and oxygen atoms in total. The van der Waals surface area contributed by atoms with E-state index in [0.29, 0.717) is 0 Å². The van der Waals surface area contributed by atoms with Crippen molar-refractivity contribution in [2.75, 3.05) is 4.90 Å². The highest BCUT2D eigenvalue weighted by molar-refractivity contribution is 5.78. The lowest BCUT2D eigenvalue weighted by molar-refractivity contribution is 1.27. The van der Waals surface area contributed by atoms with Gasteiger partial charge in [-0.05, 0) is 68.3 Å². The number of para-hydroxylation sites is 1. The minimum Gasteiger partial charge on any atom is -0.311 e. The summed E-state index contributed by atoms with van der Waals surface area (Å²) < 4.78 is 0. The zero-order chi connectivity index (χ0) is 20.9. The molecule has 4 aromatic carbocycles. The van der Waals surface area contributed by atoms with Gasteiger partial charge in [0.15, 0.2) is 0 Å². The molecule has 0 radical (unpaired) electrons. The molecule has 1 heteroatoms. The Balaban J connectivity index is 1.64. The second-order valence-electron chi connectivity index (χ2n) is 7.85. The van der Waals surface area contributed by atoms with Crippen molar-refractivity contribution in [1.82, 2.24) is 0 Å². The molecule has 0 fully saturated rings. The Bertz CT molecular complexity index is 1120. The molecule has 148 valence electrons. The van der Waals surface area contributed by atoms with Gasteiger partial charge in [0.25, 0.3) is 0 Å². The van der Waals surface area contributed by atoms with Crippen molar-refractivity contribution in [1.29, 1.82) is 0 Å². The fourth-order valence-corrected chi connectivity index (χ4v) is 3.75. The third-order valence-electron chi connectivity index (χ3n) is 5.17. The van der Waals surface area contributed by atoms with E-state index in [2.05, 4.69) is 135 Å². The minimum atomic E-state index is 1.15. The molecule has 30 heavy (non-hydrogen) atoms. The van der Waals surface area contributed by atoms with Crippen molar-refractivity contribution >= 4 is 29.2 Å². The molecule has 0 aromatic heterocycles. The topological polar surface area (TPSA) is 3.24 Å². The van der Waals surface area contributed by atoms with Gasteiger partial charge >= 0.3 is 0 Å². The van der Waals surface area contributed by atoms with E-state index >= 15 is 0 Å². The molecule has 4 rings (SSSR count). The summed E-state index contributed by atoms with van der Waals surface area (Å²) >= 11 is 0. The molecular formula is C29H27N. The van der Waals surface area contributed by atoms with Gasteiger partial charge in [-0.1, -0.05) is 89.5 Å². The molecule has 0 aliphatic heterocycles. The first-order valence-electron chi connectivity index (χ1n) is 10.4. The van der Waals surface area contributed by atoms with Gasteiger partial charge in [0, 0.05) is 17.1 Å². The predicted octanol–water partition coefficient (Wildman–Crippen LogP) is 8.25. The quantitative estimate of drug-likeness (QED) is 0.311. The van der Waals surface area contributed by atoms with Crippen LogP contribution in [0.5, 0.6) is 0 Å². The summed E-state index contributed by atoms with van der Waals surface area (Å²) in [4.78, 5) is 2.29. The average Bonchev–Trinajstić information content (AvgIpc) is 2.75. The molecule has 0 unspecified atom stereocenters. The van der Waals surface area contributed by atoms with E-state index in [0.717, 1.165) is 17.1 Å². The summed E-state index contributed by atoms with van der Waals surface area (Å²) in [5, 5.41) is 0.